The molecule has 0 aromatic heterocycles. The van der Waals surface area contributed by atoms with Gasteiger partial charge >= 0.3 is 6.18 Å². The zero-order valence-electron chi connectivity index (χ0n) is 9.82. The van der Waals surface area contributed by atoms with E-state index in [1.807, 2.05) is 6.92 Å². The van der Waals surface area contributed by atoms with Gasteiger partial charge < -0.3 is 0 Å². The van der Waals surface area contributed by atoms with E-state index in [0.717, 1.165) is 6.07 Å². The van der Waals surface area contributed by atoms with E-state index in [4.69, 9.17) is 0 Å². The topological polar surface area (TPSA) is 12.4 Å². The van der Waals surface area contributed by atoms with Gasteiger partial charge in [-0.15, -0.1) is 0 Å². The fraction of sp³-hybridized carbons (Fsp3) is 0.417. The summed E-state index contributed by atoms with van der Waals surface area (Å²) in [4.78, 5) is 4.06. The highest BCUT2D eigenvalue weighted by Gasteiger charge is 2.34. The Labute approximate surface area is 107 Å². The fourth-order valence-corrected chi connectivity index (χ4v) is 1.94. The SMILES string of the molecule is CCC(C)=Nc1c(C)cc(Br)cc1C(F)(F)F. The molecule has 0 saturated carbocycles. The summed E-state index contributed by atoms with van der Waals surface area (Å²) in [6.45, 7) is 5.21. The van der Waals surface area contributed by atoms with Crippen molar-refractivity contribution in [1.29, 1.82) is 0 Å². The number of halogens is 4. The molecule has 0 amide bonds. The summed E-state index contributed by atoms with van der Waals surface area (Å²) >= 11 is 3.07. The van der Waals surface area contributed by atoms with Crippen LogP contribution < -0.4 is 0 Å². The smallest absolute Gasteiger partial charge is 0.257 e. The Bertz CT molecular complexity index is 450. The van der Waals surface area contributed by atoms with Crippen molar-refractivity contribution in [3.63, 3.8) is 0 Å². The summed E-state index contributed by atoms with van der Waals surface area (Å²) in [6, 6.07) is 2.70. The van der Waals surface area contributed by atoms with Crippen LogP contribution in [0.25, 0.3) is 0 Å². The summed E-state index contributed by atoms with van der Waals surface area (Å²) in [7, 11) is 0. The third kappa shape index (κ3) is 3.56. The number of hydrogen-bond donors (Lipinski definition) is 0. The van der Waals surface area contributed by atoms with Crippen molar-refractivity contribution in [2.75, 3.05) is 0 Å². The van der Waals surface area contributed by atoms with Gasteiger partial charge in [-0.3, -0.25) is 4.99 Å². The monoisotopic (exact) mass is 307 g/mol. The van der Waals surface area contributed by atoms with Crippen molar-refractivity contribution in [3.05, 3.63) is 27.7 Å². The van der Waals surface area contributed by atoms with E-state index >= 15 is 0 Å². The first-order valence-electron chi connectivity index (χ1n) is 5.17. The molecule has 1 aromatic rings. The van der Waals surface area contributed by atoms with Gasteiger partial charge in [-0.05, 0) is 38.0 Å². The molecule has 0 aliphatic carbocycles. The van der Waals surface area contributed by atoms with E-state index in [1.54, 1.807) is 19.9 Å². The van der Waals surface area contributed by atoms with E-state index < -0.39 is 11.7 Å². The number of benzene rings is 1. The number of aliphatic imine (C=N–C) groups is 1. The molecule has 0 bridgehead atoms. The van der Waals surface area contributed by atoms with Crippen LogP contribution in [0.2, 0.25) is 0 Å². The zero-order valence-corrected chi connectivity index (χ0v) is 11.4. The van der Waals surface area contributed by atoms with Crippen LogP contribution in [0.4, 0.5) is 18.9 Å². The second kappa shape index (κ2) is 5.21. The van der Waals surface area contributed by atoms with Gasteiger partial charge in [0.05, 0.1) is 11.3 Å². The zero-order chi connectivity index (χ0) is 13.2. The summed E-state index contributed by atoms with van der Waals surface area (Å²) in [5.41, 5.74) is 0.512. The molecule has 0 radical (unpaired) electrons. The maximum Gasteiger partial charge on any atom is 0.418 e. The Morgan fingerprint density at radius 2 is 1.94 bits per heavy atom. The van der Waals surface area contributed by atoms with Crippen molar-refractivity contribution in [2.45, 2.75) is 33.4 Å². The minimum absolute atomic E-state index is 0.0139. The van der Waals surface area contributed by atoms with Gasteiger partial charge in [0, 0.05) is 10.2 Å². The lowest BCUT2D eigenvalue weighted by atomic mass is 10.1. The van der Waals surface area contributed by atoms with Crippen LogP contribution in [0, 0.1) is 6.92 Å². The Kier molecular flexibility index (Phi) is 4.36. The van der Waals surface area contributed by atoms with E-state index in [1.165, 1.54) is 0 Å². The van der Waals surface area contributed by atoms with Gasteiger partial charge in [-0.25, -0.2) is 0 Å². The number of nitrogens with zero attached hydrogens (tertiary/aromatic N) is 1. The van der Waals surface area contributed by atoms with E-state index in [2.05, 4.69) is 20.9 Å². The van der Waals surface area contributed by atoms with Crippen molar-refractivity contribution < 1.29 is 13.2 Å². The van der Waals surface area contributed by atoms with E-state index in [9.17, 15) is 13.2 Å². The van der Waals surface area contributed by atoms with Gasteiger partial charge in [0.2, 0.25) is 0 Å². The molecule has 17 heavy (non-hydrogen) atoms. The van der Waals surface area contributed by atoms with Crippen LogP contribution in [0.5, 0.6) is 0 Å². The lowest BCUT2D eigenvalue weighted by Gasteiger charge is -2.13. The number of alkyl halides is 3. The molecule has 0 unspecified atom stereocenters. The molecule has 0 N–H and O–H groups in total. The molecular weight excluding hydrogens is 295 g/mol. The highest BCUT2D eigenvalue weighted by Crippen LogP contribution is 2.40. The Balaban J connectivity index is 3.47. The summed E-state index contributed by atoms with van der Waals surface area (Å²) in [5, 5.41) is 0. The lowest BCUT2D eigenvalue weighted by molar-refractivity contribution is -0.137. The normalized spacial score (nSPS) is 13.0. The van der Waals surface area contributed by atoms with Gasteiger partial charge in [-0.2, -0.15) is 13.2 Å². The molecule has 5 heteroatoms. The van der Waals surface area contributed by atoms with Crippen molar-refractivity contribution in [3.8, 4) is 0 Å². The van der Waals surface area contributed by atoms with E-state index in [-0.39, 0.29) is 5.69 Å². The fourth-order valence-electron chi connectivity index (χ4n) is 1.37. The maximum atomic E-state index is 12.9. The number of aryl methyl sites for hydroxylation is 1. The predicted molar refractivity (Wildman–Crippen MR) is 66.9 cm³/mol. The van der Waals surface area contributed by atoms with Gasteiger partial charge in [-0.1, -0.05) is 22.9 Å². The largest absolute Gasteiger partial charge is 0.418 e. The molecule has 0 saturated heterocycles. The first-order chi connectivity index (χ1) is 7.75. The first kappa shape index (κ1) is 14.2. The van der Waals surface area contributed by atoms with E-state index in [0.29, 0.717) is 22.2 Å². The minimum Gasteiger partial charge on any atom is -0.257 e. The molecule has 0 spiro atoms. The van der Waals surface area contributed by atoms with Gasteiger partial charge in [0.25, 0.3) is 0 Å². The second-order valence-corrected chi connectivity index (χ2v) is 4.73. The molecule has 0 heterocycles. The molecule has 0 aliphatic heterocycles. The molecule has 1 rings (SSSR count). The number of rotatable bonds is 2. The van der Waals surface area contributed by atoms with Gasteiger partial charge in [0.1, 0.15) is 0 Å². The first-order valence-corrected chi connectivity index (χ1v) is 5.96. The summed E-state index contributed by atoms with van der Waals surface area (Å²) in [6.07, 6.45) is -3.76. The minimum atomic E-state index is -4.39. The molecule has 1 aromatic carbocycles. The average Bonchev–Trinajstić information content (AvgIpc) is 2.19. The summed E-state index contributed by atoms with van der Waals surface area (Å²) in [5.74, 6) is 0. The van der Waals surface area contributed by atoms with Crippen LogP contribution in [0.15, 0.2) is 21.6 Å². The second-order valence-electron chi connectivity index (χ2n) is 3.82. The van der Waals surface area contributed by atoms with Crippen molar-refractivity contribution in [2.24, 2.45) is 4.99 Å². The third-order valence-corrected chi connectivity index (χ3v) is 2.84. The van der Waals surface area contributed by atoms with Gasteiger partial charge in [0.15, 0.2) is 0 Å². The average molecular weight is 308 g/mol. The Morgan fingerprint density at radius 1 is 1.35 bits per heavy atom. The molecule has 94 valence electrons. The molecular formula is C12H13BrF3N. The highest BCUT2D eigenvalue weighted by molar-refractivity contribution is 9.10. The van der Waals surface area contributed by atoms with Crippen LogP contribution >= 0.6 is 15.9 Å². The summed E-state index contributed by atoms with van der Waals surface area (Å²) < 4.78 is 39.0. The standard InChI is InChI=1S/C12H13BrF3N/c1-4-8(3)17-11-7(2)5-9(13)6-10(11)12(14,15)16/h5-6H,4H2,1-3H3. The molecule has 0 fully saturated rings. The van der Waals surface area contributed by atoms with Crippen LogP contribution in [0.1, 0.15) is 31.4 Å². The quantitative estimate of drug-likeness (QED) is 0.659. The van der Waals surface area contributed by atoms with Crippen molar-refractivity contribution in [1.82, 2.24) is 0 Å². The van der Waals surface area contributed by atoms with Crippen LogP contribution in [0.3, 0.4) is 0 Å². The Morgan fingerprint density at radius 3 is 2.41 bits per heavy atom. The maximum absolute atomic E-state index is 12.9. The predicted octanol–water partition coefficient (Wildman–Crippen LogP) is 5.28. The van der Waals surface area contributed by atoms with Crippen LogP contribution in [-0.4, -0.2) is 5.71 Å². The van der Waals surface area contributed by atoms with Crippen LogP contribution in [-0.2, 0) is 6.18 Å². The lowest BCUT2D eigenvalue weighted by Crippen LogP contribution is -2.06. The molecule has 0 aliphatic rings. The van der Waals surface area contributed by atoms with Crippen molar-refractivity contribution >= 4 is 27.3 Å². The molecule has 1 nitrogen and oxygen atoms in total. The third-order valence-electron chi connectivity index (χ3n) is 2.38. The Hall–Kier alpha value is -0.840. The molecule has 0 atom stereocenters. The highest BCUT2D eigenvalue weighted by atomic mass is 79.9. The number of hydrogen-bond acceptors (Lipinski definition) is 1.